The zero-order valence-electron chi connectivity index (χ0n) is 15.7. The summed E-state index contributed by atoms with van der Waals surface area (Å²) in [5.74, 6) is -0.643. The molecule has 0 unspecified atom stereocenters. The van der Waals surface area contributed by atoms with Gasteiger partial charge in [0.2, 0.25) is 11.8 Å². The predicted octanol–water partition coefficient (Wildman–Crippen LogP) is 4.19. The number of halogens is 2. The number of nitrogens with one attached hydrogen (secondary N) is 2. The van der Waals surface area contributed by atoms with E-state index in [-0.39, 0.29) is 30.6 Å². The monoisotopic (exact) mass is 438 g/mol. The molecule has 0 heterocycles. The van der Waals surface area contributed by atoms with Crippen LogP contribution in [0.15, 0.2) is 42.5 Å². The molecule has 0 atom stereocenters. The highest BCUT2D eigenvalue weighted by molar-refractivity contribution is 6.36. The molecule has 2 rings (SSSR count). The number of carbonyl (C=O) groups is 2. The fourth-order valence-corrected chi connectivity index (χ4v) is 3.04. The molecule has 10 heteroatoms. The molecule has 0 saturated heterocycles. The maximum Gasteiger partial charge on any atom is 0.269 e. The molecule has 0 fully saturated rings. The minimum absolute atomic E-state index is 0.000473. The summed E-state index contributed by atoms with van der Waals surface area (Å²) in [6.45, 7) is 2.47. The summed E-state index contributed by atoms with van der Waals surface area (Å²) in [7, 11) is 0. The molecule has 0 aliphatic carbocycles. The van der Waals surface area contributed by atoms with Gasteiger partial charge in [0.05, 0.1) is 28.7 Å². The van der Waals surface area contributed by atoms with Crippen molar-refractivity contribution in [3.63, 3.8) is 0 Å². The summed E-state index contributed by atoms with van der Waals surface area (Å²) in [6, 6.07) is 10.3. The van der Waals surface area contributed by atoms with Crippen LogP contribution < -0.4 is 10.6 Å². The lowest BCUT2D eigenvalue weighted by Crippen LogP contribution is -2.39. The molecule has 0 aliphatic rings. The normalized spacial score (nSPS) is 10.6. The standard InChI is InChI=1S/C19H20Cl2N4O4/c1-2-9-24(12-19(27)23-17-8-3-13(20)10-16(17)21)11-18(26)22-14-4-6-15(7-5-14)25(28)29/h3-8,10H,2,9,11-12H2,1H3,(H,22,26)(H,23,27). The highest BCUT2D eigenvalue weighted by Gasteiger charge is 2.15. The summed E-state index contributed by atoms with van der Waals surface area (Å²) >= 11 is 11.9. The van der Waals surface area contributed by atoms with Gasteiger partial charge in [0.15, 0.2) is 0 Å². The summed E-state index contributed by atoms with van der Waals surface area (Å²) in [4.78, 5) is 36.5. The van der Waals surface area contributed by atoms with E-state index in [1.807, 2.05) is 6.92 Å². The van der Waals surface area contributed by atoms with Crippen molar-refractivity contribution < 1.29 is 14.5 Å². The van der Waals surface area contributed by atoms with Crippen molar-refractivity contribution in [2.24, 2.45) is 0 Å². The number of nitro groups is 1. The number of hydrogen-bond donors (Lipinski definition) is 2. The van der Waals surface area contributed by atoms with E-state index < -0.39 is 4.92 Å². The van der Waals surface area contributed by atoms with Crippen molar-refractivity contribution >= 4 is 52.1 Å². The second kappa shape index (κ2) is 10.8. The van der Waals surface area contributed by atoms with Gasteiger partial charge in [-0.2, -0.15) is 0 Å². The second-order valence-electron chi connectivity index (χ2n) is 6.24. The van der Waals surface area contributed by atoms with Crippen molar-refractivity contribution in [3.05, 3.63) is 62.6 Å². The molecule has 2 N–H and O–H groups in total. The van der Waals surface area contributed by atoms with E-state index in [1.165, 1.54) is 30.3 Å². The number of nitro benzene ring substituents is 1. The Kier molecular flexibility index (Phi) is 8.38. The molecular weight excluding hydrogens is 419 g/mol. The Morgan fingerprint density at radius 1 is 1.03 bits per heavy atom. The van der Waals surface area contributed by atoms with E-state index in [1.54, 1.807) is 17.0 Å². The highest BCUT2D eigenvalue weighted by Crippen LogP contribution is 2.25. The van der Waals surface area contributed by atoms with Crippen LogP contribution in [0.3, 0.4) is 0 Å². The lowest BCUT2D eigenvalue weighted by Gasteiger charge is -2.20. The smallest absolute Gasteiger partial charge is 0.269 e. The van der Waals surface area contributed by atoms with Gasteiger partial charge in [-0.15, -0.1) is 0 Å². The Balaban J connectivity index is 1.93. The maximum atomic E-state index is 12.3. The Labute approximate surface area is 177 Å². The van der Waals surface area contributed by atoms with E-state index in [9.17, 15) is 19.7 Å². The zero-order valence-corrected chi connectivity index (χ0v) is 17.2. The van der Waals surface area contributed by atoms with Gasteiger partial charge in [-0.05, 0) is 43.3 Å². The number of amides is 2. The van der Waals surface area contributed by atoms with Crippen LogP contribution in [0.25, 0.3) is 0 Å². The first-order valence-corrected chi connectivity index (χ1v) is 9.55. The van der Waals surface area contributed by atoms with E-state index >= 15 is 0 Å². The molecule has 0 aliphatic heterocycles. The third-order valence-electron chi connectivity index (χ3n) is 3.84. The van der Waals surface area contributed by atoms with E-state index in [0.29, 0.717) is 28.0 Å². The van der Waals surface area contributed by atoms with Gasteiger partial charge >= 0.3 is 0 Å². The number of nitrogens with zero attached hydrogens (tertiary/aromatic N) is 2. The zero-order chi connectivity index (χ0) is 21.4. The average Bonchev–Trinajstić information content (AvgIpc) is 2.64. The highest BCUT2D eigenvalue weighted by atomic mass is 35.5. The largest absolute Gasteiger partial charge is 0.325 e. The van der Waals surface area contributed by atoms with Crippen LogP contribution in [0, 0.1) is 10.1 Å². The number of carbonyl (C=O) groups excluding carboxylic acids is 2. The van der Waals surface area contributed by atoms with E-state index in [0.717, 1.165) is 6.42 Å². The molecule has 0 bridgehead atoms. The number of anilines is 2. The molecule has 0 saturated carbocycles. The Morgan fingerprint density at radius 2 is 1.66 bits per heavy atom. The first-order chi connectivity index (χ1) is 13.8. The fraction of sp³-hybridized carbons (Fsp3) is 0.263. The van der Waals surface area contributed by atoms with Gasteiger partial charge in [0.25, 0.3) is 5.69 Å². The molecule has 8 nitrogen and oxygen atoms in total. The topological polar surface area (TPSA) is 105 Å². The van der Waals surface area contributed by atoms with Gasteiger partial charge in [-0.1, -0.05) is 30.1 Å². The first kappa shape index (κ1) is 22.6. The third-order valence-corrected chi connectivity index (χ3v) is 4.39. The molecule has 154 valence electrons. The molecule has 0 spiro atoms. The Morgan fingerprint density at radius 3 is 2.21 bits per heavy atom. The van der Waals surface area contributed by atoms with Gasteiger partial charge in [0, 0.05) is 22.8 Å². The predicted molar refractivity (Wildman–Crippen MR) is 114 cm³/mol. The molecule has 0 aromatic heterocycles. The van der Waals surface area contributed by atoms with Gasteiger partial charge in [-0.25, -0.2) is 0 Å². The number of non-ortho nitro benzene ring substituents is 1. The first-order valence-electron chi connectivity index (χ1n) is 8.80. The average molecular weight is 439 g/mol. The van der Waals surface area contributed by atoms with Crippen molar-refractivity contribution in [1.82, 2.24) is 4.90 Å². The fourth-order valence-electron chi connectivity index (χ4n) is 2.58. The molecule has 2 aromatic rings. The van der Waals surface area contributed by atoms with E-state index in [2.05, 4.69) is 10.6 Å². The number of rotatable bonds is 9. The molecule has 0 radical (unpaired) electrons. The molecule has 2 aromatic carbocycles. The lowest BCUT2D eigenvalue weighted by molar-refractivity contribution is -0.384. The lowest BCUT2D eigenvalue weighted by atomic mass is 10.3. The van der Waals surface area contributed by atoms with Crippen LogP contribution >= 0.6 is 23.2 Å². The molecule has 2 amide bonds. The van der Waals surface area contributed by atoms with Gasteiger partial charge in [0.1, 0.15) is 0 Å². The van der Waals surface area contributed by atoms with Crippen LogP contribution in [0.1, 0.15) is 13.3 Å². The molecule has 29 heavy (non-hydrogen) atoms. The summed E-state index contributed by atoms with van der Waals surface area (Å²) in [5.41, 5.74) is 0.815. The molecular formula is C19H20Cl2N4O4. The summed E-state index contributed by atoms with van der Waals surface area (Å²) in [5, 5.41) is 16.8. The van der Waals surface area contributed by atoms with Crippen LogP contribution in [0.4, 0.5) is 17.1 Å². The summed E-state index contributed by atoms with van der Waals surface area (Å²) in [6.07, 6.45) is 0.750. The van der Waals surface area contributed by atoms with Gasteiger partial charge < -0.3 is 10.6 Å². The van der Waals surface area contributed by atoms with E-state index in [4.69, 9.17) is 23.2 Å². The maximum absolute atomic E-state index is 12.3. The Hall–Kier alpha value is -2.68. The minimum Gasteiger partial charge on any atom is -0.325 e. The van der Waals surface area contributed by atoms with Crippen molar-refractivity contribution in [2.45, 2.75) is 13.3 Å². The van der Waals surface area contributed by atoms with Crippen molar-refractivity contribution in [2.75, 3.05) is 30.3 Å². The number of hydrogen-bond acceptors (Lipinski definition) is 5. The van der Waals surface area contributed by atoms with Crippen LogP contribution in [-0.4, -0.2) is 41.3 Å². The SMILES string of the molecule is CCCN(CC(=O)Nc1ccc([N+](=O)[O-])cc1)CC(=O)Nc1ccc(Cl)cc1Cl. The minimum atomic E-state index is -0.514. The van der Waals surface area contributed by atoms with Gasteiger partial charge in [-0.3, -0.25) is 24.6 Å². The van der Waals surface area contributed by atoms with Crippen LogP contribution in [0.2, 0.25) is 10.0 Å². The Bertz CT molecular complexity index is 890. The summed E-state index contributed by atoms with van der Waals surface area (Å²) < 4.78 is 0. The number of benzene rings is 2. The van der Waals surface area contributed by atoms with Crippen molar-refractivity contribution in [3.8, 4) is 0 Å². The quantitative estimate of drug-likeness (QED) is 0.450. The second-order valence-corrected chi connectivity index (χ2v) is 7.08. The van der Waals surface area contributed by atoms with Crippen LogP contribution in [-0.2, 0) is 9.59 Å². The van der Waals surface area contributed by atoms with Crippen LogP contribution in [0.5, 0.6) is 0 Å². The van der Waals surface area contributed by atoms with Crippen molar-refractivity contribution in [1.29, 1.82) is 0 Å². The third kappa shape index (κ3) is 7.34.